The Morgan fingerprint density at radius 2 is 1.71 bits per heavy atom. The van der Waals surface area contributed by atoms with Gasteiger partial charge in [0.05, 0.1) is 6.17 Å². The minimum Gasteiger partial charge on any atom is -0.287 e. The van der Waals surface area contributed by atoms with E-state index >= 15 is 0 Å². The maximum atomic E-state index is 4.75. The van der Waals surface area contributed by atoms with Crippen LogP contribution < -0.4 is 5.32 Å². The smallest absolute Gasteiger partial charge is 0.0763 e. The summed E-state index contributed by atoms with van der Waals surface area (Å²) < 4.78 is 0. The minimum absolute atomic E-state index is 0.561. The first-order valence-electron chi connectivity index (χ1n) is 6.16. The molecule has 2 saturated heterocycles. The maximum absolute atomic E-state index is 4.75. The van der Waals surface area contributed by atoms with Crippen LogP contribution in [0.2, 0.25) is 0 Å². The second-order valence-electron chi connectivity index (χ2n) is 5.23. The fraction of sp³-hybridized carbons (Fsp3) is 1.00. The van der Waals surface area contributed by atoms with E-state index in [0.717, 1.165) is 18.4 Å². The highest BCUT2D eigenvalue weighted by atomic mass is 15.3. The highest BCUT2D eigenvalue weighted by Gasteiger charge is 2.27. The Balaban J connectivity index is 1.82. The van der Waals surface area contributed by atoms with Gasteiger partial charge in [-0.25, -0.2) is 5.32 Å². The molecule has 0 saturated carbocycles. The number of hydrogen-bond acceptors (Lipinski definition) is 1. The van der Waals surface area contributed by atoms with Crippen LogP contribution in [-0.2, 0) is 0 Å². The van der Waals surface area contributed by atoms with E-state index in [0.29, 0.717) is 6.17 Å². The second-order valence-corrected chi connectivity index (χ2v) is 5.23. The standard InChI is InChI=1S/C12H23N2/c1-10-4-7-14(8-5-10)12-9-11(2)3-6-13-12/h10-12H,3-9H2,1-2H3. The molecule has 1 radical (unpaired) electrons. The molecule has 0 aromatic carbocycles. The third-order valence-electron chi connectivity index (χ3n) is 3.81. The van der Waals surface area contributed by atoms with Gasteiger partial charge in [0.25, 0.3) is 0 Å². The van der Waals surface area contributed by atoms with E-state index in [1.807, 2.05) is 0 Å². The SMILES string of the molecule is CC1CCN(C2CC(C)CC[N]2)CC1. The van der Waals surface area contributed by atoms with Crippen molar-refractivity contribution in [3.8, 4) is 0 Å². The summed E-state index contributed by atoms with van der Waals surface area (Å²) in [4.78, 5) is 2.61. The van der Waals surface area contributed by atoms with E-state index in [9.17, 15) is 0 Å². The molecule has 0 aliphatic carbocycles. The lowest BCUT2D eigenvalue weighted by Crippen LogP contribution is -2.49. The van der Waals surface area contributed by atoms with E-state index in [-0.39, 0.29) is 0 Å². The Kier molecular flexibility index (Phi) is 3.45. The van der Waals surface area contributed by atoms with E-state index in [1.54, 1.807) is 0 Å². The summed E-state index contributed by atoms with van der Waals surface area (Å²) in [6.45, 7) is 8.40. The molecule has 2 fully saturated rings. The van der Waals surface area contributed by atoms with E-state index in [1.165, 1.54) is 38.8 Å². The molecule has 2 heteroatoms. The Morgan fingerprint density at radius 3 is 2.36 bits per heavy atom. The van der Waals surface area contributed by atoms with Crippen LogP contribution in [0, 0.1) is 11.8 Å². The fourth-order valence-corrected chi connectivity index (χ4v) is 2.59. The number of likely N-dealkylation sites (tertiary alicyclic amines) is 1. The Morgan fingerprint density at radius 1 is 1.00 bits per heavy atom. The molecule has 2 heterocycles. The molecule has 2 rings (SSSR count). The molecule has 2 nitrogen and oxygen atoms in total. The summed E-state index contributed by atoms with van der Waals surface area (Å²) in [5, 5.41) is 4.75. The van der Waals surface area contributed by atoms with Crippen molar-refractivity contribution < 1.29 is 0 Å². The fourth-order valence-electron chi connectivity index (χ4n) is 2.59. The Hall–Kier alpha value is -0.0800. The normalized spacial score (nSPS) is 37.3. The summed E-state index contributed by atoms with van der Waals surface area (Å²) >= 11 is 0. The average molecular weight is 195 g/mol. The highest BCUT2D eigenvalue weighted by Crippen LogP contribution is 2.23. The van der Waals surface area contributed by atoms with Crippen LogP contribution in [0.25, 0.3) is 0 Å². The van der Waals surface area contributed by atoms with Crippen LogP contribution in [0.1, 0.15) is 39.5 Å². The molecule has 0 aromatic rings. The first kappa shape index (κ1) is 10.4. The molecule has 2 aliphatic rings. The molecular weight excluding hydrogens is 172 g/mol. The van der Waals surface area contributed by atoms with Gasteiger partial charge in [0, 0.05) is 6.54 Å². The summed E-state index contributed by atoms with van der Waals surface area (Å²) in [5.41, 5.74) is 0. The number of piperidine rings is 2. The predicted molar refractivity (Wildman–Crippen MR) is 59.2 cm³/mol. The van der Waals surface area contributed by atoms with Crippen molar-refractivity contribution in [3.05, 3.63) is 0 Å². The average Bonchev–Trinajstić information content (AvgIpc) is 2.19. The molecule has 81 valence electrons. The van der Waals surface area contributed by atoms with Crippen LogP contribution >= 0.6 is 0 Å². The van der Waals surface area contributed by atoms with Crippen molar-refractivity contribution in [2.75, 3.05) is 19.6 Å². The van der Waals surface area contributed by atoms with Crippen LogP contribution in [0.4, 0.5) is 0 Å². The van der Waals surface area contributed by atoms with Crippen LogP contribution in [0.5, 0.6) is 0 Å². The third-order valence-corrected chi connectivity index (χ3v) is 3.81. The van der Waals surface area contributed by atoms with Crippen molar-refractivity contribution in [1.29, 1.82) is 0 Å². The molecular formula is C12H23N2. The first-order chi connectivity index (χ1) is 6.75. The molecule has 0 N–H and O–H groups in total. The number of hydrogen-bond donors (Lipinski definition) is 0. The monoisotopic (exact) mass is 195 g/mol. The molecule has 0 aromatic heterocycles. The number of nitrogens with zero attached hydrogens (tertiary/aromatic N) is 2. The van der Waals surface area contributed by atoms with E-state index < -0.39 is 0 Å². The summed E-state index contributed by atoms with van der Waals surface area (Å²) in [5.74, 6) is 1.82. The van der Waals surface area contributed by atoms with Gasteiger partial charge in [-0.1, -0.05) is 13.8 Å². The zero-order valence-electron chi connectivity index (χ0n) is 9.58. The third kappa shape index (κ3) is 2.48. The van der Waals surface area contributed by atoms with Gasteiger partial charge >= 0.3 is 0 Å². The van der Waals surface area contributed by atoms with E-state index in [4.69, 9.17) is 5.32 Å². The lowest BCUT2D eigenvalue weighted by Gasteiger charge is -2.39. The van der Waals surface area contributed by atoms with Crippen molar-refractivity contribution in [3.63, 3.8) is 0 Å². The summed E-state index contributed by atoms with van der Waals surface area (Å²) in [6, 6.07) is 0. The van der Waals surface area contributed by atoms with Gasteiger partial charge in [-0.15, -0.1) is 0 Å². The molecule has 2 unspecified atom stereocenters. The van der Waals surface area contributed by atoms with Crippen molar-refractivity contribution in [2.45, 2.75) is 45.7 Å². The van der Waals surface area contributed by atoms with Crippen LogP contribution in [-0.4, -0.2) is 30.7 Å². The lowest BCUT2D eigenvalue weighted by atomic mass is 9.94. The Bertz CT molecular complexity index is 173. The lowest BCUT2D eigenvalue weighted by molar-refractivity contribution is 0.0792. The van der Waals surface area contributed by atoms with Gasteiger partial charge in [-0.2, -0.15) is 0 Å². The Labute approximate surface area is 88.1 Å². The quantitative estimate of drug-likeness (QED) is 0.626. The van der Waals surface area contributed by atoms with Crippen molar-refractivity contribution in [2.24, 2.45) is 11.8 Å². The molecule has 0 bridgehead atoms. The van der Waals surface area contributed by atoms with Gasteiger partial charge in [0.15, 0.2) is 0 Å². The molecule has 0 spiro atoms. The largest absolute Gasteiger partial charge is 0.287 e. The van der Waals surface area contributed by atoms with Gasteiger partial charge in [0.2, 0.25) is 0 Å². The predicted octanol–water partition coefficient (Wildman–Crippen LogP) is 2.08. The molecule has 2 atom stereocenters. The van der Waals surface area contributed by atoms with Gasteiger partial charge in [0.1, 0.15) is 0 Å². The van der Waals surface area contributed by atoms with Crippen molar-refractivity contribution >= 4 is 0 Å². The van der Waals surface area contributed by atoms with Crippen molar-refractivity contribution in [1.82, 2.24) is 10.2 Å². The maximum Gasteiger partial charge on any atom is 0.0763 e. The zero-order valence-corrected chi connectivity index (χ0v) is 9.58. The molecule has 14 heavy (non-hydrogen) atoms. The minimum atomic E-state index is 0.561. The first-order valence-corrected chi connectivity index (χ1v) is 6.16. The molecule has 0 amide bonds. The topological polar surface area (TPSA) is 17.3 Å². The van der Waals surface area contributed by atoms with Gasteiger partial charge < -0.3 is 0 Å². The summed E-state index contributed by atoms with van der Waals surface area (Å²) in [6.07, 6.45) is 5.92. The molecule has 2 aliphatic heterocycles. The van der Waals surface area contributed by atoms with Crippen LogP contribution in [0.15, 0.2) is 0 Å². The van der Waals surface area contributed by atoms with Crippen LogP contribution in [0.3, 0.4) is 0 Å². The van der Waals surface area contributed by atoms with E-state index in [2.05, 4.69) is 18.7 Å². The van der Waals surface area contributed by atoms with Gasteiger partial charge in [-0.05, 0) is 50.6 Å². The zero-order chi connectivity index (χ0) is 9.97. The van der Waals surface area contributed by atoms with Gasteiger partial charge in [-0.3, -0.25) is 4.90 Å². The number of rotatable bonds is 1. The second kappa shape index (κ2) is 4.63. The highest BCUT2D eigenvalue weighted by molar-refractivity contribution is 4.80. The summed E-state index contributed by atoms with van der Waals surface area (Å²) in [7, 11) is 0.